The molecule has 0 heterocycles. The second-order valence-corrected chi connectivity index (χ2v) is 2.98. The Morgan fingerprint density at radius 2 is 2.00 bits per heavy atom. The third-order valence-corrected chi connectivity index (χ3v) is 1.82. The highest BCUT2D eigenvalue weighted by Gasteiger charge is 2.00. The van der Waals surface area contributed by atoms with Crippen LogP contribution in [0.5, 0.6) is 0 Å². The number of hydrogen-bond acceptors (Lipinski definition) is 1. The summed E-state index contributed by atoms with van der Waals surface area (Å²) in [5.74, 6) is -0.903. The molecule has 15 heavy (non-hydrogen) atoms. The monoisotopic (exact) mass is 204 g/mol. The molecule has 0 spiro atoms. The van der Waals surface area contributed by atoms with Gasteiger partial charge in [-0.1, -0.05) is 56.5 Å². The van der Waals surface area contributed by atoms with Crippen molar-refractivity contribution in [2.45, 2.75) is 6.92 Å². The Labute approximate surface area is 90.6 Å². The molecule has 0 aromatic carbocycles. The molecule has 0 aliphatic carbocycles. The Morgan fingerprint density at radius 3 is 2.47 bits per heavy atom. The van der Waals surface area contributed by atoms with E-state index in [1.807, 2.05) is 19.1 Å². The molecule has 1 atom stereocenters. The maximum Gasteiger partial charge on any atom is 0.327 e. The molecular formula is C13H16O2. The first-order chi connectivity index (χ1) is 7.11. The fourth-order valence-corrected chi connectivity index (χ4v) is 0.989. The first-order valence-corrected chi connectivity index (χ1v) is 4.64. The summed E-state index contributed by atoms with van der Waals surface area (Å²) in [4.78, 5) is 10.3. The average Bonchev–Trinajstić information content (AvgIpc) is 2.21. The number of rotatable bonds is 6. The van der Waals surface area contributed by atoms with E-state index < -0.39 is 5.97 Å². The van der Waals surface area contributed by atoms with E-state index in [1.165, 1.54) is 0 Å². The number of carboxylic acid groups (broad SMARTS) is 1. The summed E-state index contributed by atoms with van der Waals surface area (Å²) >= 11 is 0. The van der Waals surface area contributed by atoms with Crippen LogP contribution in [0.2, 0.25) is 0 Å². The van der Waals surface area contributed by atoms with E-state index in [0.717, 1.165) is 11.6 Å². The molecule has 2 nitrogen and oxygen atoms in total. The normalized spacial score (nSPS) is 14.3. The van der Waals surface area contributed by atoms with E-state index >= 15 is 0 Å². The predicted molar refractivity (Wildman–Crippen MR) is 63.6 cm³/mol. The SMILES string of the molecule is C=C/C=C\C=C(\C=C)C(C)/C=C/C(=O)O. The molecule has 2 heteroatoms. The zero-order chi connectivity index (χ0) is 11.7. The quantitative estimate of drug-likeness (QED) is 0.533. The molecule has 0 rings (SSSR count). The van der Waals surface area contributed by atoms with Gasteiger partial charge >= 0.3 is 5.97 Å². The van der Waals surface area contributed by atoms with Crippen molar-refractivity contribution in [1.82, 2.24) is 0 Å². The minimum absolute atomic E-state index is 0.0352. The maximum absolute atomic E-state index is 10.3. The lowest BCUT2D eigenvalue weighted by Gasteiger charge is -2.05. The van der Waals surface area contributed by atoms with Crippen LogP contribution in [0.4, 0.5) is 0 Å². The van der Waals surface area contributed by atoms with E-state index in [4.69, 9.17) is 5.11 Å². The molecule has 80 valence electrons. The van der Waals surface area contributed by atoms with Gasteiger partial charge < -0.3 is 5.11 Å². The van der Waals surface area contributed by atoms with E-state index in [1.54, 1.807) is 24.3 Å². The van der Waals surface area contributed by atoms with Gasteiger partial charge in [0.25, 0.3) is 0 Å². The van der Waals surface area contributed by atoms with Crippen LogP contribution < -0.4 is 0 Å². The van der Waals surface area contributed by atoms with Crippen LogP contribution in [0.15, 0.2) is 61.3 Å². The van der Waals surface area contributed by atoms with Gasteiger partial charge in [0.1, 0.15) is 0 Å². The molecule has 0 radical (unpaired) electrons. The number of carbonyl (C=O) groups is 1. The van der Waals surface area contributed by atoms with Crippen LogP contribution in [0.3, 0.4) is 0 Å². The van der Waals surface area contributed by atoms with Crippen molar-refractivity contribution in [3.05, 3.63) is 61.3 Å². The molecule has 0 aromatic rings. The Morgan fingerprint density at radius 1 is 1.33 bits per heavy atom. The van der Waals surface area contributed by atoms with Crippen molar-refractivity contribution in [2.75, 3.05) is 0 Å². The van der Waals surface area contributed by atoms with Crippen molar-refractivity contribution < 1.29 is 9.90 Å². The van der Waals surface area contributed by atoms with Crippen LogP contribution in [0.1, 0.15) is 6.92 Å². The van der Waals surface area contributed by atoms with E-state index in [-0.39, 0.29) is 5.92 Å². The van der Waals surface area contributed by atoms with Crippen LogP contribution in [-0.2, 0) is 4.79 Å². The number of allylic oxidation sites excluding steroid dienone is 7. The van der Waals surface area contributed by atoms with Gasteiger partial charge in [0.05, 0.1) is 0 Å². The first kappa shape index (κ1) is 13.2. The van der Waals surface area contributed by atoms with E-state index in [9.17, 15) is 4.79 Å². The van der Waals surface area contributed by atoms with Gasteiger partial charge in [0.15, 0.2) is 0 Å². The minimum Gasteiger partial charge on any atom is -0.478 e. The van der Waals surface area contributed by atoms with Gasteiger partial charge in [0, 0.05) is 6.08 Å². The zero-order valence-electron chi connectivity index (χ0n) is 8.89. The lowest BCUT2D eigenvalue weighted by atomic mass is 10.00. The molecule has 0 saturated carbocycles. The molecule has 0 amide bonds. The Balaban J connectivity index is 4.59. The molecule has 1 unspecified atom stereocenters. The fourth-order valence-electron chi connectivity index (χ4n) is 0.989. The molecule has 0 fully saturated rings. The smallest absolute Gasteiger partial charge is 0.327 e. The summed E-state index contributed by atoms with van der Waals surface area (Å²) in [6.07, 6.45) is 11.7. The molecule has 0 aromatic heterocycles. The van der Waals surface area contributed by atoms with E-state index in [2.05, 4.69) is 13.2 Å². The zero-order valence-corrected chi connectivity index (χ0v) is 8.89. The Hall–Kier alpha value is -1.83. The van der Waals surface area contributed by atoms with Gasteiger partial charge in [-0.3, -0.25) is 0 Å². The molecular weight excluding hydrogens is 188 g/mol. The van der Waals surface area contributed by atoms with Crippen molar-refractivity contribution in [3.63, 3.8) is 0 Å². The average molecular weight is 204 g/mol. The molecule has 1 N–H and O–H groups in total. The minimum atomic E-state index is -0.938. The molecule has 0 saturated heterocycles. The fraction of sp³-hybridized carbons (Fsp3) is 0.154. The van der Waals surface area contributed by atoms with Gasteiger partial charge in [-0.25, -0.2) is 4.79 Å². The summed E-state index contributed by atoms with van der Waals surface area (Å²) in [6.45, 7) is 9.14. The van der Waals surface area contributed by atoms with Gasteiger partial charge in [-0.2, -0.15) is 0 Å². The number of hydrogen-bond donors (Lipinski definition) is 1. The Bertz CT molecular complexity index is 319. The maximum atomic E-state index is 10.3. The second kappa shape index (κ2) is 7.56. The standard InChI is InChI=1S/C13H16O2/c1-4-6-7-8-12(5-2)11(3)9-10-13(14)15/h4-11H,1-2H2,3H3,(H,14,15)/b7-6-,10-9+,12-8-. The summed E-state index contributed by atoms with van der Waals surface area (Å²) in [6, 6.07) is 0. The lowest BCUT2D eigenvalue weighted by Crippen LogP contribution is -1.95. The van der Waals surface area contributed by atoms with Crippen molar-refractivity contribution in [3.8, 4) is 0 Å². The van der Waals surface area contributed by atoms with Gasteiger partial charge in [-0.05, 0) is 11.5 Å². The van der Waals surface area contributed by atoms with Crippen molar-refractivity contribution in [2.24, 2.45) is 5.92 Å². The van der Waals surface area contributed by atoms with Crippen LogP contribution >= 0.6 is 0 Å². The van der Waals surface area contributed by atoms with E-state index in [0.29, 0.717) is 0 Å². The highest BCUT2D eigenvalue weighted by atomic mass is 16.4. The molecule has 0 aliphatic heterocycles. The van der Waals surface area contributed by atoms with Gasteiger partial charge in [-0.15, -0.1) is 0 Å². The summed E-state index contributed by atoms with van der Waals surface area (Å²) in [5.41, 5.74) is 0.964. The van der Waals surface area contributed by atoms with Crippen LogP contribution in [0, 0.1) is 5.92 Å². The number of aliphatic carboxylic acids is 1. The Kier molecular flexibility index (Phi) is 6.64. The van der Waals surface area contributed by atoms with Gasteiger partial charge in [0.2, 0.25) is 0 Å². The summed E-state index contributed by atoms with van der Waals surface area (Å²) in [7, 11) is 0. The summed E-state index contributed by atoms with van der Waals surface area (Å²) in [5, 5.41) is 8.47. The van der Waals surface area contributed by atoms with Crippen LogP contribution in [-0.4, -0.2) is 11.1 Å². The highest BCUT2D eigenvalue weighted by Crippen LogP contribution is 2.13. The molecule has 0 aliphatic rings. The topological polar surface area (TPSA) is 37.3 Å². The highest BCUT2D eigenvalue weighted by molar-refractivity contribution is 5.79. The van der Waals surface area contributed by atoms with Crippen molar-refractivity contribution >= 4 is 5.97 Å². The molecule has 0 bridgehead atoms. The number of carboxylic acids is 1. The largest absolute Gasteiger partial charge is 0.478 e. The summed E-state index contributed by atoms with van der Waals surface area (Å²) < 4.78 is 0. The third kappa shape index (κ3) is 6.27. The predicted octanol–water partition coefficient (Wildman–Crippen LogP) is 3.12. The van der Waals surface area contributed by atoms with Crippen LogP contribution in [0.25, 0.3) is 0 Å². The van der Waals surface area contributed by atoms with Crippen molar-refractivity contribution in [1.29, 1.82) is 0 Å². The lowest BCUT2D eigenvalue weighted by molar-refractivity contribution is -0.131. The second-order valence-electron chi connectivity index (χ2n) is 2.98. The first-order valence-electron chi connectivity index (χ1n) is 4.64. The third-order valence-electron chi connectivity index (χ3n) is 1.82.